The van der Waals surface area contributed by atoms with Crippen molar-refractivity contribution in [1.29, 1.82) is 0 Å². The summed E-state index contributed by atoms with van der Waals surface area (Å²) in [6, 6.07) is 22.4. The third-order valence-electron chi connectivity index (χ3n) is 3.84. The number of anilines is 1. The van der Waals surface area contributed by atoms with Crippen LogP contribution in [0.25, 0.3) is 11.1 Å². The lowest BCUT2D eigenvalue weighted by atomic mass is 10.0. The number of carbonyl (C=O) groups excluding carboxylic acids is 1. The predicted molar refractivity (Wildman–Crippen MR) is 95.6 cm³/mol. The molecule has 3 aromatic carbocycles. The molecule has 0 aromatic heterocycles. The molecule has 1 amide bonds. The number of nitrogens with two attached hydrogens (primary N) is 1. The number of hydrogen-bond donors (Lipinski definition) is 3. The molecule has 0 radical (unpaired) electrons. The lowest BCUT2D eigenvalue weighted by Gasteiger charge is -2.12. The van der Waals surface area contributed by atoms with Crippen LogP contribution in [-0.2, 0) is 6.54 Å². The third kappa shape index (κ3) is 3.22. The zero-order chi connectivity index (χ0) is 16.9. The van der Waals surface area contributed by atoms with Crippen LogP contribution in [0.4, 0.5) is 5.69 Å². The van der Waals surface area contributed by atoms with E-state index in [0.717, 1.165) is 11.1 Å². The molecule has 0 heterocycles. The largest absolute Gasteiger partial charge is 0.505 e. The van der Waals surface area contributed by atoms with Gasteiger partial charge in [0.15, 0.2) is 5.75 Å². The summed E-state index contributed by atoms with van der Waals surface area (Å²) in [5, 5.41) is 13.1. The molecule has 0 spiro atoms. The van der Waals surface area contributed by atoms with Crippen molar-refractivity contribution in [2.45, 2.75) is 6.54 Å². The first-order valence-electron chi connectivity index (χ1n) is 7.66. The van der Waals surface area contributed by atoms with Gasteiger partial charge in [-0.25, -0.2) is 0 Å². The highest BCUT2D eigenvalue weighted by Gasteiger charge is 2.16. The minimum absolute atomic E-state index is 0.170. The lowest BCUT2D eigenvalue weighted by Crippen LogP contribution is -2.23. The first-order valence-corrected chi connectivity index (χ1v) is 7.66. The van der Waals surface area contributed by atoms with Crippen molar-refractivity contribution in [2.24, 2.45) is 0 Å². The van der Waals surface area contributed by atoms with Crippen molar-refractivity contribution in [3.8, 4) is 16.9 Å². The molecule has 0 fully saturated rings. The predicted octanol–water partition coefficient (Wildman–Crippen LogP) is 3.57. The van der Waals surface area contributed by atoms with E-state index in [1.54, 1.807) is 12.1 Å². The number of rotatable bonds is 4. The number of benzene rings is 3. The Morgan fingerprint density at radius 2 is 1.54 bits per heavy atom. The summed E-state index contributed by atoms with van der Waals surface area (Å²) in [6.07, 6.45) is 0. The molecule has 0 bridgehead atoms. The van der Waals surface area contributed by atoms with E-state index in [1.165, 1.54) is 0 Å². The molecule has 120 valence electrons. The fourth-order valence-corrected chi connectivity index (χ4v) is 2.53. The van der Waals surface area contributed by atoms with Crippen molar-refractivity contribution in [1.82, 2.24) is 5.32 Å². The van der Waals surface area contributed by atoms with E-state index in [4.69, 9.17) is 5.73 Å². The molecule has 0 aliphatic rings. The Morgan fingerprint density at radius 1 is 0.917 bits per heavy atom. The molecular formula is C20H18N2O2. The highest BCUT2D eigenvalue weighted by atomic mass is 16.3. The van der Waals surface area contributed by atoms with Crippen molar-refractivity contribution >= 4 is 11.6 Å². The van der Waals surface area contributed by atoms with Crippen LogP contribution >= 0.6 is 0 Å². The Kier molecular flexibility index (Phi) is 4.47. The van der Waals surface area contributed by atoms with E-state index in [9.17, 15) is 9.90 Å². The lowest BCUT2D eigenvalue weighted by molar-refractivity contribution is 0.0948. The average molecular weight is 318 g/mol. The average Bonchev–Trinajstić information content (AvgIpc) is 2.63. The maximum atomic E-state index is 12.3. The number of nitrogen functional groups attached to an aromatic ring is 1. The Balaban J connectivity index is 1.81. The fourth-order valence-electron chi connectivity index (χ4n) is 2.53. The van der Waals surface area contributed by atoms with Crippen LogP contribution in [0.5, 0.6) is 5.75 Å². The first kappa shape index (κ1) is 15.6. The highest BCUT2D eigenvalue weighted by Crippen LogP contribution is 2.35. The van der Waals surface area contributed by atoms with Gasteiger partial charge in [0.25, 0.3) is 5.91 Å². The molecule has 3 aromatic rings. The van der Waals surface area contributed by atoms with Gasteiger partial charge in [-0.15, -0.1) is 0 Å². The number of aromatic hydroxyl groups is 1. The zero-order valence-corrected chi connectivity index (χ0v) is 13.1. The van der Waals surface area contributed by atoms with Gasteiger partial charge in [0.2, 0.25) is 0 Å². The zero-order valence-electron chi connectivity index (χ0n) is 13.1. The van der Waals surface area contributed by atoms with Crippen LogP contribution in [-0.4, -0.2) is 11.0 Å². The SMILES string of the molecule is Nc1c(-c2ccccc2)ccc(C(=O)NCc2ccccc2)c1O. The van der Waals surface area contributed by atoms with Crippen LogP contribution < -0.4 is 11.1 Å². The van der Waals surface area contributed by atoms with Gasteiger partial charge < -0.3 is 16.2 Å². The smallest absolute Gasteiger partial charge is 0.255 e. The Bertz CT molecular complexity index is 846. The summed E-state index contributed by atoms with van der Waals surface area (Å²) in [4.78, 5) is 12.3. The summed E-state index contributed by atoms with van der Waals surface area (Å²) < 4.78 is 0. The number of phenolic OH excluding ortho intramolecular Hbond substituents is 1. The molecule has 4 nitrogen and oxygen atoms in total. The van der Waals surface area contributed by atoms with Gasteiger partial charge in [-0.2, -0.15) is 0 Å². The van der Waals surface area contributed by atoms with Crippen LogP contribution in [0.2, 0.25) is 0 Å². The molecular weight excluding hydrogens is 300 g/mol. The second-order valence-electron chi connectivity index (χ2n) is 5.46. The summed E-state index contributed by atoms with van der Waals surface area (Å²) in [7, 11) is 0. The van der Waals surface area contributed by atoms with E-state index >= 15 is 0 Å². The molecule has 0 aliphatic heterocycles. The molecule has 0 aliphatic carbocycles. The van der Waals surface area contributed by atoms with Crippen LogP contribution in [0.3, 0.4) is 0 Å². The maximum Gasteiger partial charge on any atom is 0.255 e. The summed E-state index contributed by atoms with van der Waals surface area (Å²) >= 11 is 0. The van der Waals surface area contributed by atoms with Gasteiger partial charge >= 0.3 is 0 Å². The number of amides is 1. The molecule has 3 rings (SSSR count). The quantitative estimate of drug-likeness (QED) is 0.508. The van der Waals surface area contributed by atoms with Crippen LogP contribution in [0.15, 0.2) is 72.8 Å². The summed E-state index contributed by atoms with van der Waals surface area (Å²) in [5.74, 6) is -0.551. The summed E-state index contributed by atoms with van der Waals surface area (Å²) in [5.41, 5.74) is 8.98. The number of carbonyl (C=O) groups is 1. The third-order valence-corrected chi connectivity index (χ3v) is 3.84. The monoisotopic (exact) mass is 318 g/mol. The van der Waals surface area contributed by atoms with Crippen molar-refractivity contribution in [3.05, 3.63) is 83.9 Å². The van der Waals surface area contributed by atoms with Gasteiger partial charge in [0.05, 0.1) is 11.3 Å². The second-order valence-corrected chi connectivity index (χ2v) is 5.46. The molecule has 0 saturated heterocycles. The Hall–Kier alpha value is -3.27. The number of hydrogen-bond acceptors (Lipinski definition) is 3. The van der Waals surface area contributed by atoms with E-state index in [2.05, 4.69) is 5.32 Å². The molecule has 0 unspecified atom stereocenters. The second kappa shape index (κ2) is 6.87. The minimum Gasteiger partial charge on any atom is -0.505 e. The van der Waals surface area contributed by atoms with Crippen LogP contribution in [0.1, 0.15) is 15.9 Å². The normalized spacial score (nSPS) is 10.3. The Morgan fingerprint density at radius 3 is 2.21 bits per heavy atom. The van der Waals surface area contributed by atoms with Gasteiger partial charge in [0.1, 0.15) is 0 Å². The maximum absolute atomic E-state index is 12.3. The van der Waals surface area contributed by atoms with E-state index in [-0.39, 0.29) is 22.9 Å². The van der Waals surface area contributed by atoms with Crippen molar-refractivity contribution < 1.29 is 9.90 Å². The molecule has 4 N–H and O–H groups in total. The minimum atomic E-state index is -0.359. The van der Waals surface area contributed by atoms with Gasteiger partial charge in [-0.1, -0.05) is 66.7 Å². The molecule has 0 atom stereocenters. The number of phenols is 1. The first-order chi connectivity index (χ1) is 11.7. The van der Waals surface area contributed by atoms with Crippen LogP contribution in [0, 0.1) is 0 Å². The van der Waals surface area contributed by atoms with Gasteiger partial charge in [-0.3, -0.25) is 4.79 Å². The fraction of sp³-hybridized carbons (Fsp3) is 0.0500. The van der Waals surface area contributed by atoms with E-state index < -0.39 is 0 Å². The van der Waals surface area contributed by atoms with Gasteiger partial charge in [-0.05, 0) is 17.2 Å². The van der Waals surface area contributed by atoms with Crippen molar-refractivity contribution in [2.75, 3.05) is 5.73 Å². The van der Waals surface area contributed by atoms with E-state index in [1.807, 2.05) is 60.7 Å². The molecule has 4 heteroatoms. The molecule has 0 saturated carbocycles. The molecule has 24 heavy (non-hydrogen) atoms. The Labute approximate surface area is 140 Å². The summed E-state index contributed by atoms with van der Waals surface area (Å²) in [6.45, 7) is 0.388. The highest BCUT2D eigenvalue weighted by molar-refractivity contribution is 6.00. The van der Waals surface area contributed by atoms with Crippen molar-refractivity contribution in [3.63, 3.8) is 0 Å². The van der Waals surface area contributed by atoms with Gasteiger partial charge in [0, 0.05) is 12.1 Å². The number of nitrogens with one attached hydrogen (secondary N) is 1. The topological polar surface area (TPSA) is 75.4 Å². The standard InChI is InChI=1S/C20H18N2O2/c21-18-16(15-9-5-2-6-10-15)11-12-17(19(18)23)20(24)22-13-14-7-3-1-4-8-14/h1-12,23H,13,21H2,(H,22,24). The van der Waals surface area contributed by atoms with E-state index in [0.29, 0.717) is 12.1 Å².